The van der Waals surface area contributed by atoms with Gasteiger partial charge in [0.05, 0.1) is 6.04 Å². The molecule has 2 aliphatic rings. The molecule has 0 unspecified atom stereocenters. The average molecular weight is 479 g/mol. The first-order valence-electron chi connectivity index (χ1n) is 12.8. The third kappa shape index (κ3) is 4.33. The Morgan fingerprint density at radius 1 is 0.889 bits per heavy atom. The second-order valence-corrected chi connectivity index (χ2v) is 9.61. The molecule has 6 heteroatoms. The third-order valence-corrected chi connectivity index (χ3v) is 7.25. The third-order valence-electron chi connectivity index (χ3n) is 7.25. The summed E-state index contributed by atoms with van der Waals surface area (Å²) in [5, 5.41) is 5.02. The van der Waals surface area contributed by atoms with Crippen molar-refractivity contribution in [2.24, 2.45) is 0 Å². The quantitative estimate of drug-likeness (QED) is 0.365. The molecule has 0 spiro atoms. The fourth-order valence-electron chi connectivity index (χ4n) is 5.33. The van der Waals surface area contributed by atoms with Crippen molar-refractivity contribution in [1.82, 2.24) is 14.8 Å². The fourth-order valence-corrected chi connectivity index (χ4v) is 5.33. The minimum Gasteiger partial charge on any atom is -0.381 e. The summed E-state index contributed by atoms with van der Waals surface area (Å²) in [6, 6.07) is 25.5. The first-order chi connectivity index (χ1) is 17.7. The number of anilines is 1. The van der Waals surface area contributed by atoms with Crippen LogP contribution < -0.4 is 4.90 Å². The lowest BCUT2D eigenvalue weighted by Gasteiger charge is -2.29. The summed E-state index contributed by atoms with van der Waals surface area (Å²) in [7, 11) is 0. The lowest BCUT2D eigenvalue weighted by atomic mass is 9.98. The van der Waals surface area contributed by atoms with E-state index < -0.39 is 0 Å². The van der Waals surface area contributed by atoms with E-state index in [4.69, 9.17) is 14.8 Å². The number of nitrogens with zero attached hydrogens (tertiary/aromatic N) is 4. The molecule has 0 N–H and O–H groups in total. The first-order valence-corrected chi connectivity index (χ1v) is 12.8. The van der Waals surface area contributed by atoms with E-state index in [-0.39, 0.29) is 11.9 Å². The molecule has 1 amide bonds. The SMILES string of the molecule is CC(=O)N1CCCc2cc(-c3nc(-c4ccc(-c5ccccc5)cc4)nn3C3CCOCC3)ccc21. The number of carbonyl (C=O) groups is 1. The molecular formula is C30H30N4O2. The number of amides is 1. The van der Waals surface area contributed by atoms with Crippen LogP contribution in [-0.4, -0.2) is 40.4 Å². The van der Waals surface area contributed by atoms with Gasteiger partial charge in [0, 0.05) is 43.5 Å². The van der Waals surface area contributed by atoms with Crippen molar-refractivity contribution >= 4 is 11.6 Å². The zero-order valence-corrected chi connectivity index (χ0v) is 20.6. The summed E-state index contributed by atoms with van der Waals surface area (Å²) in [6.07, 6.45) is 3.78. The average Bonchev–Trinajstić information content (AvgIpc) is 3.39. The molecule has 1 fully saturated rings. The molecule has 36 heavy (non-hydrogen) atoms. The zero-order valence-electron chi connectivity index (χ0n) is 20.6. The van der Waals surface area contributed by atoms with Crippen LogP contribution in [0, 0.1) is 0 Å². The van der Waals surface area contributed by atoms with Gasteiger partial charge in [0.1, 0.15) is 0 Å². The summed E-state index contributed by atoms with van der Waals surface area (Å²) in [4.78, 5) is 19.1. The number of rotatable bonds is 4. The highest BCUT2D eigenvalue weighted by Gasteiger charge is 2.25. The van der Waals surface area contributed by atoms with Gasteiger partial charge in [-0.3, -0.25) is 4.79 Å². The van der Waals surface area contributed by atoms with Crippen molar-refractivity contribution in [2.75, 3.05) is 24.7 Å². The van der Waals surface area contributed by atoms with Crippen LogP contribution in [-0.2, 0) is 16.0 Å². The number of carbonyl (C=O) groups excluding carboxylic acids is 1. The smallest absolute Gasteiger partial charge is 0.223 e. The molecule has 3 aromatic carbocycles. The zero-order chi connectivity index (χ0) is 24.5. The Morgan fingerprint density at radius 2 is 1.58 bits per heavy atom. The van der Waals surface area contributed by atoms with Crippen molar-refractivity contribution in [1.29, 1.82) is 0 Å². The number of benzene rings is 3. The van der Waals surface area contributed by atoms with Crippen LogP contribution in [0.2, 0.25) is 0 Å². The van der Waals surface area contributed by atoms with Crippen molar-refractivity contribution in [2.45, 2.75) is 38.6 Å². The second kappa shape index (κ2) is 9.70. The first kappa shape index (κ1) is 22.7. The Labute approximate surface area is 211 Å². The predicted molar refractivity (Wildman–Crippen MR) is 142 cm³/mol. The highest BCUT2D eigenvalue weighted by atomic mass is 16.5. The molecule has 1 saturated heterocycles. The van der Waals surface area contributed by atoms with Gasteiger partial charge in [-0.05, 0) is 60.6 Å². The molecule has 0 saturated carbocycles. The van der Waals surface area contributed by atoms with E-state index in [0.29, 0.717) is 0 Å². The maximum absolute atomic E-state index is 12.1. The van der Waals surface area contributed by atoms with Gasteiger partial charge in [-0.15, -0.1) is 0 Å². The molecule has 6 rings (SSSR count). The number of fused-ring (bicyclic) bond motifs is 1. The van der Waals surface area contributed by atoms with Crippen LogP contribution in [0.1, 0.15) is 37.8 Å². The van der Waals surface area contributed by atoms with Crippen LogP contribution in [0.4, 0.5) is 5.69 Å². The largest absolute Gasteiger partial charge is 0.381 e. The van der Waals surface area contributed by atoms with Crippen LogP contribution in [0.5, 0.6) is 0 Å². The lowest BCUT2D eigenvalue weighted by molar-refractivity contribution is -0.116. The highest BCUT2D eigenvalue weighted by molar-refractivity contribution is 5.93. The van der Waals surface area contributed by atoms with E-state index in [0.717, 1.165) is 73.9 Å². The van der Waals surface area contributed by atoms with Gasteiger partial charge in [-0.2, -0.15) is 5.10 Å². The topological polar surface area (TPSA) is 60.2 Å². The van der Waals surface area contributed by atoms with Gasteiger partial charge in [-0.1, -0.05) is 54.6 Å². The van der Waals surface area contributed by atoms with Crippen molar-refractivity contribution < 1.29 is 9.53 Å². The van der Waals surface area contributed by atoms with Crippen LogP contribution in [0.15, 0.2) is 72.8 Å². The monoisotopic (exact) mass is 478 g/mol. The molecular weight excluding hydrogens is 448 g/mol. The van der Waals surface area contributed by atoms with Gasteiger partial charge in [0.2, 0.25) is 5.91 Å². The Balaban J connectivity index is 1.39. The molecule has 0 aliphatic carbocycles. The van der Waals surface area contributed by atoms with E-state index in [1.807, 2.05) is 11.0 Å². The molecule has 2 aliphatic heterocycles. The number of ether oxygens (including phenoxy) is 1. The van der Waals surface area contributed by atoms with E-state index in [9.17, 15) is 4.79 Å². The molecule has 0 bridgehead atoms. The maximum Gasteiger partial charge on any atom is 0.223 e. The molecule has 6 nitrogen and oxygen atoms in total. The molecule has 182 valence electrons. The minimum atomic E-state index is 0.0929. The lowest BCUT2D eigenvalue weighted by Crippen LogP contribution is -2.33. The van der Waals surface area contributed by atoms with Crippen LogP contribution in [0.25, 0.3) is 33.9 Å². The maximum atomic E-state index is 12.1. The van der Waals surface area contributed by atoms with Gasteiger partial charge < -0.3 is 9.64 Å². The second-order valence-electron chi connectivity index (χ2n) is 9.61. The molecule has 0 atom stereocenters. The Bertz CT molecular complexity index is 1370. The number of hydrogen-bond donors (Lipinski definition) is 0. The summed E-state index contributed by atoms with van der Waals surface area (Å²) in [6.45, 7) is 3.90. The van der Waals surface area contributed by atoms with Crippen molar-refractivity contribution in [3.8, 4) is 33.9 Å². The summed E-state index contributed by atoms with van der Waals surface area (Å²) >= 11 is 0. The molecule has 4 aromatic rings. The fraction of sp³-hybridized carbons (Fsp3) is 0.300. The number of aryl methyl sites for hydroxylation is 1. The van der Waals surface area contributed by atoms with Crippen molar-refractivity contribution in [3.05, 3.63) is 78.4 Å². The highest BCUT2D eigenvalue weighted by Crippen LogP contribution is 2.34. The van der Waals surface area contributed by atoms with Gasteiger partial charge in [0.15, 0.2) is 11.6 Å². The van der Waals surface area contributed by atoms with Crippen LogP contribution >= 0.6 is 0 Å². The van der Waals surface area contributed by atoms with E-state index in [1.54, 1.807) is 6.92 Å². The molecule has 1 aromatic heterocycles. The minimum absolute atomic E-state index is 0.0929. The molecule has 0 radical (unpaired) electrons. The van der Waals surface area contributed by atoms with Crippen LogP contribution in [0.3, 0.4) is 0 Å². The predicted octanol–water partition coefficient (Wildman–Crippen LogP) is 5.93. The van der Waals surface area contributed by atoms with E-state index >= 15 is 0 Å². The van der Waals surface area contributed by atoms with Gasteiger partial charge >= 0.3 is 0 Å². The standard InChI is InChI=1S/C30H30N4O2/c1-21(35)33-17-5-8-25-20-26(13-14-28(25)33)30-31-29(32-34(30)27-15-18-36-19-16-27)24-11-9-23(10-12-24)22-6-3-2-4-7-22/h2-4,6-7,9-14,20,27H,5,8,15-19H2,1H3. The summed E-state index contributed by atoms with van der Waals surface area (Å²) in [5.74, 6) is 1.71. The van der Waals surface area contributed by atoms with E-state index in [1.165, 1.54) is 16.7 Å². The van der Waals surface area contributed by atoms with Gasteiger partial charge in [0.25, 0.3) is 0 Å². The number of aromatic nitrogens is 3. The molecule has 3 heterocycles. The van der Waals surface area contributed by atoms with Crippen molar-refractivity contribution in [3.63, 3.8) is 0 Å². The normalized spacial score (nSPS) is 16.1. The Kier molecular flexibility index (Phi) is 6.11. The Hall–Kier alpha value is -3.77. The summed E-state index contributed by atoms with van der Waals surface area (Å²) < 4.78 is 7.73. The van der Waals surface area contributed by atoms with E-state index in [2.05, 4.69) is 71.4 Å². The number of hydrogen-bond acceptors (Lipinski definition) is 4. The Morgan fingerprint density at radius 3 is 2.33 bits per heavy atom. The van der Waals surface area contributed by atoms with Gasteiger partial charge in [-0.25, -0.2) is 9.67 Å². The summed E-state index contributed by atoms with van der Waals surface area (Å²) in [5.41, 5.74) is 6.63.